The maximum atomic E-state index is 12.0. The van der Waals surface area contributed by atoms with Crippen molar-refractivity contribution in [2.24, 2.45) is 0 Å². The van der Waals surface area contributed by atoms with Crippen molar-refractivity contribution in [3.05, 3.63) is 35.6 Å². The number of phosphoric acid groups is 1. The van der Waals surface area contributed by atoms with Gasteiger partial charge in [-0.1, -0.05) is 23.4 Å². The van der Waals surface area contributed by atoms with Crippen molar-refractivity contribution < 1.29 is 28.0 Å². The smallest absolute Gasteiger partial charge is 0.382 e. The van der Waals surface area contributed by atoms with Crippen LogP contribution in [0.1, 0.15) is 6.23 Å². The number of nitrogens with zero attached hydrogens (tertiary/aromatic N) is 4. The van der Waals surface area contributed by atoms with E-state index in [4.69, 9.17) is 35.9 Å². The molecule has 1 aromatic carbocycles. The molecule has 0 saturated carbocycles. The molecule has 5 unspecified atom stereocenters. The number of nitrogens with two attached hydrogens (primary N) is 1. The Hall–Kier alpha value is -1.76. The molecule has 31 heavy (non-hydrogen) atoms. The van der Waals surface area contributed by atoms with Crippen molar-refractivity contribution in [1.29, 1.82) is 0 Å². The van der Waals surface area contributed by atoms with E-state index in [1.165, 1.54) is 25.2 Å². The van der Waals surface area contributed by atoms with Crippen molar-refractivity contribution in [1.82, 2.24) is 19.5 Å². The third-order valence-electron chi connectivity index (χ3n) is 4.96. The average Bonchev–Trinajstić information content (AvgIpc) is 3.26. The first-order chi connectivity index (χ1) is 14.9. The highest BCUT2D eigenvalue weighted by Gasteiger charge is 2.54. The fourth-order valence-corrected chi connectivity index (χ4v) is 5.59. The summed E-state index contributed by atoms with van der Waals surface area (Å²) in [6.07, 6.45) is -1.60. The first-order valence-electron chi connectivity index (χ1n) is 9.12. The highest BCUT2D eigenvalue weighted by molar-refractivity contribution is 7.99. The van der Waals surface area contributed by atoms with Gasteiger partial charge in [0.1, 0.15) is 24.6 Å². The monoisotopic (exact) mass is 485 g/mol. The lowest BCUT2D eigenvalue weighted by atomic mass is 10.1. The van der Waals surface area contributed by atoms with E-state index in [0.717, 1.165) is 4.90 Å². The number of fused-ring (bicyclic) bond motifs is 2. The van der Waals surface area contributed by atoms with Crippen LogP contribution < -0.4 is 5.73 Å². The summed E-state index contributed by atoms with van der Waals surface area (Å²) in [5.74, 6) is 0.213. The summed E-state index contributed by atoms with van der Waals surface area (Å²) < 4.78 is 35.6. The van der Waals surface area contributed by atoms with Crippen molar-refractivity contribution in [3.8, 4) is 0 Å². The lowest BCUT2D eigenvalue weighted by molar-refractivity contribution is -0.0690. The van der Waals surface area contributed by atoms with Crippen molar-refractivity contribution in [3.63, 3.8) is 0 Å². The van der Waals surface area contributed by atoms with Crippen LogP contribution in [-0.2, 0) is 23.1 Å². The van der Waals surface area contributed by atoms with Crippen molar-refractivity contribution >= 4 is 48.2 Å². The fourth-order valence-electron chi connectivity index (χ4n) is 3.60. The van der Waals surface area contributed by atoms with E-state index in [1.807, 2.05) is 12.1 Å². The Morgan fingerprint density at radius 3 is 2.87 bits per heavy atom. The lowest BCUT2D eigenvalue weighted by Crippen LogP contribution is -2.40. The molecule has 11 nitrogen and oxygen atoms in total. The van der Waals surface area contributed by atoms with Gasteiger partial charge < -0.3 is 20.1 Å². The minimum Gasteiger partial charge on any atom is -0.382 e. The molecule has 0 spiro atoms. The molecule has 3 aromatic rings. The third-order valence-corrected chi connectivity index (χ3v) is 7.18. The van der Waals surface area contributed by atoms with Crippen LogP contribution in [-0.4, -0.2) is 56.4 Å². The Bertz CT molecular complexity index is 1180. The fraction of sp³-hybridized carbons (Fsp3) is 0.353. The zero-order valence-corrected chi connectivity index (χ0v) is 18.5. The quantitative estimate of drug-likeness (QED) is 0.526. The molecule has 3 N–H and O–H groups in total. The topological polar surface area (TPSA) is 144 Å². The Morgan fingerprint density at radius 1 is 1.35 bits per heavy atom. The van der Waals surface area contributed by atoms with Gasteiger partial charge in [0.2, 0.25) is 0 Å². The summed E-state index contributed by atoms with van der Waals surface area (Å²) in [5.41, 5.74) is 6.86. The number of nitrogen functional groups attached to an aromatic ring is 1. The van der Waals surface area contributed by atoms with E-state index < -0.39 is 32.4 Å². The Labute approximate surface area is 185 Å². The second-order valence-corrected chi connectivity index (χ2v) is 9.73. The zero-order valence-electron chi connectivity index (χ0n) is 16.0. The number of benzene rings is 1. The van der Waals surface area contributed by atoms with Gasteiger partial charge in [0, 0.05) is 17.0 Å². The van der Waals surface area contributed by atoms with E-state index >= 15 is 0 Å². The molecule has 2 aliphatic rings. The zero-order chi connectivity index (χ0) is 21.8. The molecule has 5 rings (SSSR count). The SMILES string of the molecule is COC1C2OP(=O)(O)OCC2OC1n1c(Sc2ccc(Cl)cc2)nc2c(N)ncnc21. The van der Waals surface area contributed by atoms with Gasteiger partial charge in [0.15, 0.2) is 28.4 Å². The molecule has 14 heteroatoms. The standard InChI is InChI=1S/C17H17ClN5O6PS/c1-26-13-12-10(6-27-30(24,25)29-12)28-16(13)23-15-11(14(19)20-7-21-15)22-17(23)31-9-4-2-8(18)3-5-9/h2-5,7,10,12-13,16H,6H2,1H3,(H,24,25)(H2,19,20,21). The van der Waals surface area contributed by atoms with E-state index in [2.05, 4.69) is 15.0 Å². The van der Waals surface area contributed by atoms with E-state index in [9.17, 15) is 9.46 Å². The van der Waals surface area contributed by atoms with Crippen LogP contribution in [0.4, 0.5) is 5.82 Å². The molecule has 2 aromatic heterocycles. The summed E-state index contributed by atoms with van der Waals surface area (Å²) in [4.78, 5) is 23.6. The summed E-state index contributed by atoms with van der Waals surface area (Å²) >= 11 is 7.34. The molecular formula is C17H17ClN5O6PS. The Balaban J connectivity index is 1.60. The third kappa shape index (κ3) is 3.83. The van der Waals surface area contributed by atoms with Gasteiger partial charge in [-0.05, 0) is 24.3 Å². The number of hydrogen-bond donors (Lipinski definition) is 2. The minimum absolute atomic E-state index is 0.113. The highest BCUT2D eigenvalue weighted by atomic mass is 35.5. The van der Waals surface area contributed by atoms with Gasteiger partial charge in [-0.15, -0.1) is 0 Å². The number of halogens is 1. The average molecular weight is 486 g/mol. The summed E-state index contributed by atoms with van der Waals surface area (Å²) in [6.45, 7) is -0.113. The summed E-state index contributed by atoms with van der Waals surface area (Å²) in [5, 5.41) is 1.13. The van der Waals surface area contributed by atoms with Crippen molar-refractivity contribution in [2.45, 2.75) is 34.6 Å². The maximum absolute atomic E-state index is 12.0. The maximum Gasteiger partial charge on any atom is 0.472 e. The van der Waals surface area contributed by atoms with Crippen LogP contribution in [0.5, 0.6) is 0 Å². The summed E-state index contributed by atoms with van der Waals surface area (Å²) in [7, 11) is -2.71. The molecule has 5 atom stereocenters. The number of phosphoric ester groups is 1. The normalized spacial score (nSPS) is 30.5. The first kappa shape index (κ1) is 21.1. The van der Waals surface area contributed by atoms with Crippen LogP contribution in [0.3, 0.4) is 0 Å². The van der Waals surface area contributed by atoms with Gasteiger partial charge in [0.25, 0.3) is 0 Å². The largest absolute Gasteiger partial charge is 0.472 e. The molecule has 2 aliphatic heterocycles. The molecule has 0 aliphatic carbocycles. The van der Waals surface area contributed by atoms with E-state index in [-0.39, 0.29) is 12.4 Å². The molecule has 164 valence electrons. The van der Waals surface area contributed by atoms with Gasteiger partial charge >= 0.3 is 7.82 Å². The van der Waals surface area contributed by atoms with Crippen LogP contribution in [0.25, 0.3) is 11.2 Å². The predicted octanol–water partition coefficient (Wildman–Crippen LogP) is 2.64. The molecule has 0 radical (unpaired) electrons. The summed E-state index contributed by atoms with van der Waals surface area (Å²) in [6, 6.07) is 7.25. The molecular weight excluding hydrogens is 469 g/mol. The molecule has 2 fully saturated rings. The van der Waals surface area contributed by atoms with E-state index in [0.29, 0.717) is 21.3 Å². The number of hydrogen-bond acceptors (Lipinski definition) is 10. The second kappa shape index (κ2) is 7.98. The second-order valence-electron chi connectivity index (χ2n) is 6.85. The van der Waals surface area contributed by atoms with Gasteiger partial charge in [-0.3, -0.25) is 13.6 Å². The van der Waals surface area contributed by atoms with Gasteiger partial charge in [-0.25, -0.2) is 19.5 Å². The number of anilines is 1. The number of imidazole rings is 1. The minimum atomic E-state index is -4.19. The molecule has 4 heterocycles. The van der Waals surface area contributed by atoms with Crippen LogP contribution in [0, 0.1) is 0 Å². The number of aromatic nitrogens is 4. The lowest BCUT2D eigenvalue weighted by Gasteiger charge is -2.29. The predicted molar refractivity (Wildman–Crippen MR) is 111 cm³/mol. The van der Waals surface area contributed by atoms with Crippen LogP contribution in [0.2, 0.25) is 5.02 Å². The molecule has 2 saturated heterocycles. The van der Waals surface area contributed by atoms with Gasteiger partial charge in [0.05, 0.1) is 6.61 Å². The van der Waals surface area contributed by atoms with Crippen LogP contribution >= 0.6 is 31.2 Å². The van der Waals surface area contributed by atoms with Crippen molar-refractivity contribution in [2.75, 3.05) is 19.5 Å². The number of rotatable bonds is 4. The van der Waals surface area contributed by atoms with Gasteiger partial charge in [-0.2, -0.15) is 0 Å². The molecule has 0 amide bonds. The number of ether oxygens (including phenoxy) is 2. The first-order valence-corrected chi connectivity index (χ1v) is 11.8. The van der Waals surface area contributed by atoms with Crippen LogP contribution in [0.15, 0.2) is 40.6 Å². The Morgan fingerprint density at radius 2 is 2.13 bits per heavy atom. The highest BCUT2D eigenvalue weighted by Crippen LogP contribution is 2.53. The number of methoxy groups -OCH3 is 1. The Kier molecular flexibility index (Phi) is 5.43. The molecule has 0 bridgehead atoms. The van der Waals surface area contributed by atoms with E-state index in [1.54, 1.807) is 16.7 Å².